The van der Waals surface area contributed by atoms with Gasteiger partial charge >= 0.3 is 0 Å². The number of sulfonamides is 1. The van der Waals surface area contributed by atoms with Crippen LogP contribution in [0.15, 0.2) is 52.0 Å². The number of H-pyrrole nitrogens is 1. The van der Waals surface area contributed by atoms with Crippen molar-refractivity contribution < 1.29 is 8.42 Å². The summed E-state index contributed by atoms with van der Waals surface area (Å²) in [6.45, 7) is 1.76. The number of aromatic amines is 1. The Morgan fingerprint density at radius 1 is 1.24 bits per heavy atom. The van der Waals surface area contributed by atoms with E-state index in [0.29, 0.717) is 11.3 Å². The van der Waals surface area contributed by atoms with Crippen molar-refractivity contribution in [2.75, 3.05) is 4.72 Å². The zero-order valence-corrected chi connectivity index (χ0v) is 13.5. The first-order valence-corrected chi connectivity index (χ1v) is 8.46. The lowest BCUT2D eigenvalue weighted by Gasteiger charge is -2.11. The van der Waals surface area contributed by atoms with Crippen LogP contribution >= 0.6 is 15.9 Å². The van der Waals surface area contributed by atoms with E-state index in [2.05, 4.69) is 30.8 Å². The van der Waals surface area contributed by atoms with Crippen molar-refractivity contribution in [1.29, 1.82) is 0 Å². The van der Waals surface area contributed by atoms with E-state index in [9.17, 15) is 8.42 Å². The first-order chi connectivity index (χ1) is 9.97. The Balaban J connectivity index is 2.08. The van der Waals surface area contributed by atoms with Gasteiger partial charge in [-0.05, 0) is 36.8 Å². The van der Waals surface area contributed by atoms with Crippen LogP contribution in [0.1, 0.15) is 5.56 Å². The zero-order valence-electron chi connectivity index (χ0n) is 11.1. The second kappa shape index (κ2) is 5.16. The number of nitrogens with one attached hydrogen (secondary N) is 2. The van der Waals surface area contributed by atoms with Gasteiger partial charge in [0, 0.05) is 9.86 Å². The summed E-state index contributed by atoms with van der Waals surface area (Å²) in [6.07, 6.45) is 1.60. The molecule has 0 amide bonds. The van der Waals surface area contributed by atoms with Gasteiger partial charge < -0.3 is 0 Å². The van der Waals surface area contributed by atoms with Gasteiger partial charge in [0.1, 0.15) is 0 Å². The fraction of sp³-hybridized carbons (Fsp3) is 0.0714. The van der Waals surface area contributed by atoms with E-state index in [0.717, 1.165) is 15.4 Å². The molecule has 1 aromatic heterocycles. The van der Waals surface area contributed by atoms with Gasteiger partial charge in [0.25, 0.3) is 10.0 Å². The average Bonchev–Trinajstić information content (AvgIpc) is 2.90. The highest BCUT2D eigenvalue weighted by molar-refractivity contribution is 9.10. The van der Waals surface area contributed by atoms with Crippen LogP contribution in [0.3, 0.4) is 0 Å². The molecule has 0 saturated heterocycles. The maximum Gasteiger partial charge on any atom is 0.262 e. The Kier molecular flexibility index (Phi) is 3.46. The van der Waals surface area contributed by atoms with E-state index in [1.807, 2.05) is 12.1 Å². The minimum Gasteiger partial charge on any atom is -0.279 e. The molecule has 0 spiro atoms. The van der Waals surface area contributed by atoms with Crippen LogP contribution in [0.4, 0.5) is 5.69 Å². The Hall–Kier alpha value is -1.86. The highest BCUT2D eigenvalue weighted by Crippen LogP contribution is 2.26. The molecular weight excluding hydrogens is 354 g/mol. The summed E-state index contributed by atoms with van der Waals surface area (Å²) < 4.78 is 28.5. The van der Waals surface area contributed by atoms with Gasteiger partial charge in [0.15, 0.2) is 0 Å². The van der Waals surface area contributed by atoms with Crippen LogP contribution in [-0.2, 0) is 10.0 Å². The number of benzene rings is 2. The molecule has 0 aliphatic heterocycles. The minimum absolute atomic E-state index is 0.248. The van der Waals surface area contributed by atoms with E-state index >= 15 is 0 Å². The summed E-state index contributed by atoms with van der Waals surface area (Å²) in [5, 5.41) is 7.47. The lowest BCUT2D eigenvalue weighted by Crippen LogP contribution is -2.14. The lowest BCUT2D eigenvalue weighted by molar-refractivity contribution is 0.600. The van der Waals surface area contributed by atoms with Gasteiger partial charge in [-0.25, -0.2) is 8.42 Å². The van der Waals surface area contributed by atoms with Crippen molar-refractivity contribution in [2.45, 2.75) is 11.8 Å². The Labute approximate surface area is 130 Å². The standard InChI is InChI=1S/C14H12BrN3O2S/c1-9-5-6-10(15)7-14(9)21(19,20)18-13-4-2-3-12-11(13)8-16-17-12/h2-8,18H,1H3,(H,16,17). The van der Waals surface area contributed by atoms with Crippen LogP contribution in [0, 0.1) is 6.92 Å². The molecule has 2 N–H and O–H groups in total. The van der Waals surface area contributed by atoms with Crippen LogP contribution in [0.2, 0.25) is 0 Å². The molecule has 0 atom stereocenters. The van der Waals surface area contributed by atoms with Crippen molar-refractivity contribution in [3.05, 3.63) is 52.6 Å². The molecule has 0 saturated carbocycles. The van der Waals surface area contributed by atoms with Crippen molar-refractivity contribution in [2.24, 2.45) is 0 Å². The van der Waals surface area contributed by atoms with Crippen LogP contribution in [0.25, 0.3) is 10.9 Å². The zero-order chi connectivity index (χ0) is 15.0. The number of hydrogen-bond donors (Lipinski definition) is 2. The summed E-state index contributed by atoms with van der Waals surface area (Å²) in [7, 11) is -3.66. The highest BCUT2D eigenvalue weighted by atomic mass is 79.9. The summed E-state index contributed by atoms with van der Waals surface area (Å²) >= 11 is 3.30. The number of anilines is 1. The molecule has 1 heterocycles. The van der Waals surface area contributed by atoms with Crippen LogP contribution in [0.5, 0.6) is 0 Å². The Morgan fingerprint density at radius 3 is 2.86 bits per heavy atom. The molecule has 0 radical (unpaired) electrons. The largest absolute Gasteiger partial charge is 0.279 e. The number of aromatic nitrogens is 2. The van der Waals surface area contributed by atoms with Gasteiger partial charge in [0.2, 0.25) is 0 Å². The second-order valence-corrected chi connectivity index (χ2v) is 7.22. The third kappa shape index (κ3) is 2.66. The van der Waals surface area contributed by atoms with Crippen LogP contribution < -0.4 is 4.72 Å². The predicted molar refractivity (Wildman–Crippen MR) is 85.8 cm³/mol. The molecule has 0 aliphatic rings. The number of fused-ring (bicyclic) bond motifs is 1. The molecule has 7 heteroatoms. The number of hydrogen-bond acceptors (Lipinski definition) is 3. The van der Waals surface area contributed by atoms with E-state index in [1.54, 1.807) is 37.4 Å². The average molecular weight is 366 g/mol. The number of rotatable bonds is 3. The first kappa shape index (κ1) is 14.1. The summed E-state index contributed by atoms with van der Waals surface area (Å²) in [5.74, 6) is 0. The maximum absolute atomic E-state index is 12.6. The molecule has 21 heavy (non-hydrogen) atoms. The highest BCUT2D eigenvalue weighted by Gasteiger charge is 2.18. The maximum atomic E-state index is 12.6. The quantitative estimate of drug-likeness (QED) is 0.746. The monoisotopic (exact) mass is 365 g/mol. The number of aryl methyl sites for hydroxylation is 1. The molecule has 0 unspecified atom stereocenters. The fourth-order valence-electron chi connectivity index (χ4n) is 2.12. The van der Waals surface area contributed by atoms with Crippen molar-refractivity contribution >= 4 is 42.5 Å². The number of halogens is 1. The van der Waals surface area contributed by atoms with E-state index < -0.39 is 10.0 Å². The molecule has 0 fully saturated rings. The molecule has 2 aromatic carbocycles. The molecule has 0 bridgehead atoms. The van der Waals surface area contributed by atoms with Crippen molar-refractivity contribution in [3.63, 3.8) is 0 Å². The minimum atomic E-state index is -3.66. The number of nitrogens with zero attached hydrogens (tertiary/aromatic N) is 1. The molecule has 5 nitrogen and oxygen atoms in total. The molecule has 3 aromatic rings. The van der Waals surface area contributed by atoms with Gasteiger partial charge in [-0.2, -0.15) is 5.10 Å². The van der Waals surface area contributed by atoms with E-state index in [4.69, 9.17) is 0 Å². The smallest absolute Gasteiger partial charge is 0.262 e. The Morgan fingerprint density at radius 2 is 2.05 bits per heavy atom. The van der Waals surface area contributed by atoms with Gasteiger partial charge in [-0.15, -0.1) is 0 Å². The van der Waals surface area contributed by atoms with Crippen LogP contribution in [-0.4, -0.2) is 18.6 Å². The summed E-state index contributed by atoms with van der Waals surface area (Å²) in [4.78, 5) is 0.248. The normalized spacial score (nSPS) is 11.7. The van der Waals surface area contributed by atoms with E-state index in [-0.39, 0.29) is 4.90 Å². The molecule has 108 valence electrons. The second-order valence-electron chi connectivity index (χ2n) is 4.65. The summed E-state index contributed by atoms with van der Waals surface area (Å²) in [6, 6.07) is 10.5. The molecule has 3 rings (SSSR count). The lowest BCUT2D eigenvalue weighted by atomic mass is 10.2. The molecule has 0 aliphatic carbocycles. The van der Waals surface area contributed by atoms with E-state index in [1.165, 1.54) is 0 Å². The van der Waals surface area contributed by atoms with Gasteiger partial charge in [-0.1, -0.05) is 28.1 Å². The summed E-state index contributed by atoms with van der Waals surface area (Å²) in [5.41, 5.74) is 1.96. The van der Waals surface area contributed by atoms with Crippen molar-refractivity contribution in [3.8, 4) is 0 Å². The topological polar surface area (TPSA) is 74.8 Å². The third-order valence-corrected chi connectivity index (χ3v) is 5.17. The van der Waals surface area contributed by atoms with Crippen molar-refractivity contribution in [1.82, 2.24) is 10.2 Å². The van der Waals surface area contributed by atoms with Gasteiger partial charge in [-0.3, -0.25) is 9.82 Å². The van der Waals surface area contributed by atoms with Gasteiger partial charge in [0.05, 0.1) is 22.3 Å². The first-order valence-electron chi connectivity index (χ1n) is 6.18. The third-order valence-electron chi connectivity index (χ3n) is 3.17. The fourth-order valence-corrected chi connectivity index (χ4v) is 3.98. The molecular formula is C14H12BrN3O2S. The SMILES string of the molecule is Cc1ccc(Br)cc1S(=O)(=O)Nc1cccc2[nH]ncc12. The Bertz CT molecular complexity index is 919. The predicted octanol–water partition coefficient (Wildman–Crippen LogP) is 3.43.